The van der Waals surface area contributed by atoms with E-state index >= 15 is 8.78 Å². The van der Waals surface area contributed by atoms with Gasteiger partial charge in [-0.15, -0.1) is 11.3 Å². The predicted molar refractivity (Wildman–Crippen MR) is 206 cm³/mol. The topological polar surface area (TPSA) is 27.7 Å². The second kappa shape index (κ2) is 17.1. The Morgan fingerprint density at radius 2 is 1.28 bits per heavy atom. The summed E-state index contributed by atoms with van der Waals surface area (Å²) in [6.07, 6.45) is -0.877. The molecule has 272 valence electrons. The zero-order valence-corrected chi connectivity index (χ0v) is 30.5. The van der Waals surface area contributed by atoms with Gasteiger partial charge in [0.05, 0.1) is 44.6 Å². The van der Waals surface area contributed by atoms with Crippen molar-refractivity contribution >= 4 is 11.3 Å². The Hall–Kier alpha value is -4.53. The minimum absolute atomic E-state index is 0.0880. The molecule has 2 unspecified atom stereocenters. The Labute approximate surface area is 314 Å². The Balaban J connectivity index is 1.21. The molecular formula is C46H43F3O3S. The molecule has 7 heteroatoms. The average Bonchev–Trinajstić information content (AvgIpc) is 3.65. The summed E-state index contributed by atoms with van der Waals surface area (Å²) < 4.78 is 67.3. The van der Waals surface area contributed by atoms with Crippen LogP contribution in [0.25, 0.3) is 10.4 Å². The molecule has 1 aliphatic carbocycles. The van der Waals surface area contributed by atoms with Gasteiger partial charge >= 0.3 is 0 Å². The Morgan fingerprint density at radius 3 is 1.92 bits per heavy atom. The van der Waals surface area contributed by atoms with Crippen LogP contribution in [0.1, 0.15) is 50.6 Å². The number of aryl methyl sites for hydroxylation is 1. The van der Waals surface area contributed by atoms with E-state index in [0.29, 0.717) is 12.0 Å². The summed E-state index contributed by atoms with van der Waals surface area (Å²) in [4.78, 5) is 2.12. The Bertz CT molecular complexity index is 2030. The average molecular weight is 733 g/mol. The van der Waals surface area contributed by atoms with Crippen molar-refractivity contribution in [1.29, 1.82) is 0 Å². The fourth-order valence-electron chi connectivity index (χ4n) is 7.16. The third kappa shape index (κ3) is 9.17. The summed E-state index contributed by atoms with van der Waals surface area (Å²) in [6, 6.07) is 45.4. The normalized spacial score (nSPS) is 19.6. The van der Waals surface area contributed by atoms with E-state index in [1.165, 1.54) is 12.1 Å². The van der Waals surface area contributed by atoms with E-state index in [1.54, 1.807) is 23.5 Å². The summed E-state index contributed by atoms with van der Waals surface area (Å²) in [5.74, 6) is -5.84. The largest absolute Gasteiger partial charge is 0.376 e. The van der Waals surface area contributed by atoms with Crippen molar-refractivity contribution in [1.82, 2.24) is 0 Å². The van der Waals surface area contributed by atoms with E-state index in [4.69, 9.17) is 14.2 Å². The van der Waals surface area contributed by atoms with Crippen LogP contribution >= 0.6 is 11.3 Å². The number of benzene rings is 5. The van der Waals surface area contributed by atoms with Crippen molar-refractivity contribution in [2.45, 2.75) is 63.6 Å². The smallest absolute Gasteiger partial charge is 0.262 e. The van der Waals surface area contributed by atoms with Crippen LogP contribution in [0.5, 0.6) is 0 Å². The SMILES string of the molecule is Cc1ccc([C@H]2[C@H](OCc3ccccc3)C(OCc3ccccc3)CC(COCc3ccccc3)C2(F)F)cc1Cc1ccc(-c2ccc(F)cc2)s1. The minimum atomic E-state index is -3.17. The highest BCUT2D eigenvalue weighted by Crippen LogP contribution is 2.51. The maximum atomic E-state index is 17.3. The molecule has 1 aromatic heterocycles. The summed E-state index contributed by atoms with van der Waals surface area (Å²) in [5, 5.41) is 0. The first-order valence-corrected chi connectivity index (χ1v) is 18.9. The van der Waals surface area contributed by atoms with Gasteiger partial charge in [-0.3, -0.25) is 0 Å². The summed E-state index contributed by atoms with van der Waals surface area (Å²) in [5.41, 5.74) is 6.25. The van der Waals surface area contributed by atoms with Gasteiger partial charge in [0.2, 0.25) is 0 Å². The zero-order valence-electron chi connectivity index (χ0n) is 29.7. The fourth-order valence-corrected chi connectivity index (χ4v) is 8.20. The van der Waals surface area contributed by atoms with Gasteiger partial charge in [-0.25, -0.2) is 13.2 Å². The van der Waals surface area contributed by atoms with Crippen LogP contribution in [0.15, 0.2) is 146 Å². The molecular weight excluding hydrogens is 690 g/mol. The number of hydrogen-bond donors (Lipinski definition) is 0. The van der Waals surface area contributed by atoms with E-state index in [2.05, 4.69) is 6.07 Å². The van der Waals surface area contributed by atoms with Crippen LogP contribution in [0.4, 0.5) is 13.2 Å². The van der Waals surface area contributed by atoms with E-state index < -0.39 is 30.0 Å². The molecule has 1 fully saturated rings. The first kappa shape index (κ1) is 36.8. The molecule has 0 bridgehead atoms. The maximum absolute atomic E-state index is 17.3. The summed E-state index contributed by atoms with van der Waals surface area (Å²) in [6.45, 7) is 2.60. The molecule has 0 amide bonds. The maximum Gasteiger partial charge on any atom is 0.262 e. The van der Waals surface area contributed by atoms with Gasteiger partial charge in [0.25, 0.3) is 5.92 Å². The molecule has 0 aliphatic heterocycles. The lowest BCUT2D eigenvalue weighted by Crippen LogP contribution is -2.55. The van der Waals surface area contributed by atoms with Crippen LogP contribution in [0.2, 0.25) is 0 Å². The predicted octanol–water partition coefficient (Wildman–Crippen LogP) is 11.6. The van der Waals surface area contributed by atoms with Crippen LogP contribution in [-0.4, -0.2) is 24.7 Å². The van der Waals surface area contributed by atoms with Crippen LogP contribution in [0, 0.1) is 18.7 Å². The van der Waals surface area contributed by atoms with Crippen molar-refractivity contribution < 1.29 is 27.4 Å². The lowest BCUT2D eigenvalue weighted by atomic mass is 9.71. The van der Waals surface area contributed by atoms with Gasteiger partial charge in [-0.1, -0.05) is 121 Å². The fraction of sp³-hybridized carbons (Fsp3) is 0.261. The second-order valence-electron chi connectivity index (χ2n) is 13.8. The molecule has 0 radical (unpaired) electrons. The second-order valence-corrected chi connectivity index (χ2v) is 15.0. The summed E-state index contributed by atoms with van der Waals surface area (Å²) in [7, 11) is 0. The molecule has 3 nitrogen and oxygen atoms in total. The molecule has 6 aromatic rings. The number of thiophene rings is 1. The van der Waals surface area contributed by atoms with E-state index in [-0.39, 0.29) is 38.7 Å². The van der Waals surface area contributed by atoms with Crippen molar-refractivity contribution in [2.24, 2.45) is 5.92 Å². The molecule has 0 spiro atoms. The number of halogens is 3. The van der Waals surface area contributed by atoms with Gasteiger partial charge < -0.3 is 14.2 Å². The highest BCUT2D eigenvalue weighted by Gasteiger charge is 2.58. The highest BCUT2D eigenvalue weighted by atomic mass is 32.1. The van der Waals surface area contributed by atoms with Gasteiger partial charge in [-0.2, -0.15) is 0 Å². The van der Waals surface area contributed by atoms with Crippen LogP contribution < -0.4 is 0 Å². The van der Waals surface area contributed by atoms with E-state index in [1.807, 2.05) is 122 Å². The summed E-state index contributed by atoms with van der Waals surface area (Å²) >= 11 is 1.62. The number of rotatable bonds is 14. The first-order valence-electron chi connectivity index (χ1n) is 18.1. The van der Waals surface area contributed by atoms with Gasteiger partial charge in [0.1, 0.15) is 5.82 Å². The van der Waals surface area contributed by atoms with E-state index in [0.717, 1.165) is 43.1 Å². The number of alkyl halides is 2. The third-order valence-corrected chi connectivity index (χ3v) is 11.2. The highest BCUT2D eigenvalue weighted by molar-refractivity contribution is 7.15. The van der Waals surface area contributed by atoms with Crippen molar-refractivity contribution in [3.8, 4) is 10.4 Å². The lowest BCUT2D eigenvalue weighted by Gasteiger charge is -2.47. The molecule has 53 heavy (non-hydrogen) atoms. The molecule has 4 atom stereocenters. The first-order chi connectivity index (χ1) is 25.8. The van der Waals surface area contributed by atoms with Gasteiger partial charge in [0, 0.05) is 22.1 Å². The zero-order chi connectivity index (χ0) is 36.6. The lowest BCUT2D eigenvalue weighted by molar-refractivity contribution is -0.217. The molecule has 0 saturated heterocycles. The number of ether oxygens (including phenoxy) is 3. The van der Waals surface area contributed by atoms with Crippen molar-refractivity contribution in [3.63, 3.8) is 0 Å². The molecule has 1 aliphatic rings. The minimum Gasteiger partial charge on any atom is -0.376 e. The quantitative estimate of drug-likeness (QED) is 0.112. The Morgan fingerprint density at radius 1 is 0.679 bits per heavy atom. The molecule has 5 aromatic carbocycles. The monoisotopic (exact) mass is 732 g/mol. The molecule has 1 saturated carbocycles. The van der Waals surface area contributed by atoms with Crippen molar-refractivity contribution in [2.75, 3.05) is 6.61 Å². The van der Waals surface area contributed by atoms with Gasteiger partial charge in [0.15, 0.2) is 0 Å². The van der Waals surface area contributed by atoms with Crippen LogP contribution in [0.3, 0.4) is 0 Å². The number of hydrogen-bond acceptors (Lipinski definition) is 4. The van der Waals surface area contributed by atoms with Gasteiger partial charge in [-0.05, 0) is 76.6 Å². The molecule has 1 heterocycles. The molecule has 7 rings (SSSR count). The Kier molecular flexibility index (Phi) is 11.9. The standard InChI is InChI=1S/C46H43F3O3S/c1-32-17-18-37(25-38(32)26-41-23-24-43(53-41)36-19-21-40(47)22-20-36)44-45(52-30-35-15-9-4-10-16-35)42(51-29-34-13-7-3-8-14-34)27-39(46(44,48)49)31-50-28-33-11-5-2-6-12-33/h2-25,39,42,44-45H,26-31H2,1H3/t39?,42?,44-,45+/m0/s1. The van der Waals surface area contributed by atoms with Crippen molar-refractivity contribution in [3.05, 3.63) is 190 Å². The van der Waals surface area contributed by atoms with E-state index in [9.17, 15) is 4.39 Å². The van der Waals surface area contributed by atoms with Crippen LogP contribution in [-0.2, 0) is 40.5 Å². The third-order valence-electron chi connectivity index (χ3n) is 10.1. The molecule has 0 N–H and O–H groups in total.